The summed E-state index contributed by atoms with van der Waals surface area (Å²) in [5, 5.41) is 11.4. The number of aryl methyl sites for hydroxylation is 1. The lowest BCUT2D eigenvalue weighted by molar-refractivity contribution is -0.126. The highest BCUT2D eigenvalue weighted by Gasteiger charge is 2.46. The molecule has 5 rings (SSSR count). The second kappa shape index (κ2) is 9.74. The molecule has 34 heavy (non-hydrogen) atoms. The Kier molecular flexibility index (Phi) is 6.37. The first kappa shape index (κ1) is 22.2. The van der Waals surface area contributed by atoms with E-state index in [1.807, 2.05) is 17.0 Å². The van der Waals surface area contributed by atoms with E-state index >= 15 is 0 Å². The highest BCUT2D eigenvalue weighted by molar-refractivity contribution is 5.93. The van der Waals surface area contributed by atoms with E-state index in [0.717, 1.165) is 31.2 Å². The molecule has 3 atom stereocenters. The van der Waals surface area contributed by atoms with Crippen molar-refractivity contribution >= 4 is 11.8 Å². The summed E-state index contributed by atoms with van der Waals surface area (Å²) in [6.07, 6.45) is 10.1. The minimum Gasteiger partial charge on any atom is -0.356 e. The molecule has 0 bridgehead atoms. The van der Waals surface area contributed by atoms with Crippen molar-refractivity contribution in [2.24, 2.45) is 13.0 Å². The van der Waals surface area contributed by atoms with Gasteiger partial charge in [0.05, 0.1) is 5.92 Å². The lowest BCUT2D eigenvalue weighted by atomic mass is 10.00. The Bertz CT molecular complexity index is 1140. The molecule has 3 aromatic rings. The Morgan fingerprint density at radius 1 is 1.15 bits per heavy atom. The highest BCUT2D eigenvalue weighted by atomic mass is 16.5. The van der Waals surface area contributed by atoms with E-state index in [2.05, 4.69) is 25.5 Å². The molecule has 2 aliphatic rings. The number of fused-ring (bicyclic) bond motifs is 1. The number of carbonyl (C=O) groups excluding carboxylic acids is 2. The third-order valence-electron chi connectivity index (χ3n) is 6.90. The van der Waals surface area contributed by atoms with Crippen molar-refractivity contribution in [1.29, 1.82) is 0 Å². The Balaban J connectivity index is 1.44. The molecule has 1 aliphatic carbocycles. The van der Waals surface area contributed by atoms with Gasteiger partial charge in [-0.25, -0.2) is 0 Å². The van der Waals surface area contributed by atoms with Gasteiger partial charge in [-0.2, -0.15) is 10.1 Å². The number of nitrogens with zero attached hydrogens (tertiary/aromatic N) is 6. The molecule has 1 N–H and O–H groups in total. The van der Waals surface area contributed by atoms with Crippen LogP contribution in [-0.4, -0.2) is 60.8 Å². The average molecular weight is 464 g/mol. The predicted molar refractivity (Wildman–Crippen MR) is 123 cm³/mol. The van der Waals surface area contributed by atoms with Crippen LogP contribution in [0.2, 0.25) is 0 Å². The standard InChI is InChI=1S/C24H29N7O3/c1-30-19(8-11-27-30)24(33)31-12-5-3-2-4-10-26-22(32)18-13-17(14-20(18)31)23-28-21(29-34-23)16-7-6-9-25-15-16/h6-9,11,15,17-18,20H,2-5,10,12-14H2,1H3,(H,26,32). The summed E-state index contributed by atoms with van der Waals surface area (Å²) < 4.78 is 7.22. The number of aromatic nitrogens is 5. The molecule has 0 spiro atoms. The number of pyridine rings is 1. The third kappa shape index (κ3) is 4.44. The van der Waals surface area contributed by atoms with Crippen LogP contribution < -0.4 is 5.32 Å². The van der Waals surface area contributed by atoms with Crippen molar-refractivity contribution in [2.45, 2.75) is 50.5 Å². The molecule has 2 amide bonds. The molecule has 178 valence electrons. The van der Waals surface area contributed by atoms with Crippen LogP contribution in [0.25, 0.3) is 11.4 Å². The van der Waals surface area contributed by atoms with E-state index in [1.165, 1.54) is 0 Å². The summed E-state index contributed by atoms with van der Waals surface area (Å²) in [5.41, 5.74) is 1.30. The fourth-order valence-electron chi connectivity index (χ4n) is 5.11. The molecule has 0 radical (unpaired) electrons. The van der Waals surface area contributed by atoms with Crippen molar-refractivity contribution in [3.05, 3.63) is 48.4 Å². The summed E-state index contributed by atoms with van der Waals surface area (Å²) in [6, 6.07) is 5.18. The summed E-state index contributed by atoms with van der Waals surface area (Å²) in [4.78, 5) is 37.4. The maximum absolute atomic E-state index is 13.6. The van der Waals surface area contributed by atoms with Gasteiger partial charge in [0, 0.05) is 56.3 Å². The second-order valence-corrected chi connectivity index (χ2v) is 9.08. The summed E-state index contributed by atoms with van der Waals surface area (Å²) in [5.74, 6) is 0.426. The van der Waals surface area contributed by atoms with Crippen molar-refractivity contribution in [3.63, 3.8) is 0 Å². The van der Waals surface area contributed by atoms with Crippen LogP contribution in [0, 0.1) is 5.92 Å². The average Bonchev–Trinajstić information content (AvgIpc) is 3.60. The largest absolute Gasteiger partial charge is 0.356 e. The molecule has 3 unspecified atom stereocenters. The first-order chi connectivity index (χ1) is 16.6. The van der Waals surface area contributed by atoms with Gasteiger partial charge in [-0.1, -0.05) is 18.0 Å². The van der Waals surface area contributed by atoms with Crippen LogP contribution in [0.4, 0.5) is 0 Å². The minimum absolute atomic E-state index is 0.01000. The predicted octanol–water partition coefficient (Wildman–Crippen LogP) is 2.56. The normalized spacial score (nSPS) is 23.7. The van der Waals surface area contributed by atoms with Gasteiger partial charge in [0.15, 0.2) is 0 Å². The first-order valence-corrected chi connectivity index (χ1v) is 11.9. The number of hydrogen-bond acceptors (Lipinski definition) is 7. The molecule has 1 aliphatic heterocycles. The molecular weight excluding hydrogens is 434 g/mol. The number of amides is 2. The quantitative estimate of drug-likeness (QED) is 0.634. The zero-order valence-corrected chi connectivity index (χ0v) is 19.3. The smallest absolute Gasteiger partial charge is 0.272 e. The molecule has 10 nitrogen and oxygen atoms in total. The molecule has 3 aromatic heterocycles. The van der Waals surface area contributed by atoms with E-state index in [0.29, 0.717) is 43.3 Å². The van der Waals surface area contributed by atoms with E-state index < -0.39 is 0 Å². The van der Waals surface area contributed by atoms with Crippen LogP contribution in [0.5, 0.6) is 0 Å². The summed E-state index contributed by atoms with van der Waals surface area (Å²) in [7, 11) is 1.76. The zero-order valence-electron chi connectivity index (χ0n) is 19.3. The van der Waals surface area contributed by atoms with Crippen LogP contribution in [-0.2, 0) is 11.8 Å². The van der Waals surface area contributed by atoms with Gasteiger partial charge in [-0.3, -0.25) is 19.3 Å². The lowest BCUT2D eigenvalue weighted by Gasteiger charge is -2.32. The maximum atomic E-state index is 13.6. The number of hydrogen-bond donors (Lipinski definition) is 1. The zero-order chi connectivity index (χ0) is 23.5. The monoisotopic (exact) mass is 463 g/mol. The fraction of sp³-hybridized carbons (Fsp3) is 0.500. The molecular formula is C24H29N7O3. The van der Waals surface area contributed by atoms with Gasteiger partial charge >= 0.3 is 0 Å². The van der Waals surface area contributed by atoms with Crippen molar-refractivity contribution in [3.8, 4) is 11.4 Å². The van der Waals surface area contributed by atoms with Crippen LogP contribution in [0.1, 0.15) is 60.8 Å². The number of rotatable bonds is 3. The molecule has 1 saturated carbocycles. The number of carbonyl (C=O) groups is 2. The fourth-order valence-corrected chi connectivity index (χ4v) is 5.11. The molecule has 4 heterocycles. The van der Waals surface area contributed by atoms with Gasteiger partial charge in [-0.05, 0) is 43.9 Å². The molecule has 10 heteroatoms. The highest BCUT2D eigenvalue weighted by Crippen LogP contribution is 2.41. The van der Waals surface area contributed by atoms with Gasteiger partial charge in [-0.15, -0.1) is 0 Å². The molecule has 0 aromatic carbocycles. The topological polar surface area (TPSA) is 119 Å². The Labute approximate surface area is 197 Å². The summed E-state index contributed by atoms with van der Waals surface area (Å²) >= 11 is 0. The molecule has 1 saturated heterocycles. The Morgan fingerprint density at radius 3 is 2.82 bits per heavy atom. The van der Waals surface area contributed by atoms with Crippen molar-refractivity contribution in [1.82, 2.24) is 35.1 Å². The summed E-state index contributed by atoms with van der Waals surface area (Å²) in [6.45, 7) is 1.27. The van der Waals surface area contributed by atoms with Gasteiger partial charge in [0.1, 0.15) is 5.69 Å². The molecule has 2 fully saturated rings. The number of nitrogens with one attached hydrogen (secondary N) is 1. The van der Waals surface area contributed by atoms with E-state index in [1.54, 1.807) is 36.4 Å². The Morgan fingerprint density at radius 2 is 2.03 bits per heavy atom. The van der Waals surface area contributed by atoms with Crippen LogP contribution in [0.15, 0.2) is 41.3 Å². The van der Waals surface area contributed by atoms with Crippen molar-refractivity contribution in [2.75, 3.05) is 13.1 Å². The Hall–Kier alpha value is -3.56. The second-order valence-electron chi connectivity index (χ2n) is 9.08. The van der Waals surface area contributed by atoms with Crippen LogP contribution >= 0.6 is 0 Å². The SMILES string of the molecule is Cn1nccc1C(=O)N1CCCCCCNC(=O)C2CC(c3nc(-c4cccnc4)no3)CC21. The maximum Gasteiger partial charge on any atom is 0.272 e. The lowest BCUT2D eigenvalue weighted by Crippen LogP contribution is -2.47. The van der Waals surface area contributed by atoms with E-state index in [9.17, 15) is 9.59 Å². The third-order valence-corrected chi connectivity index (χ3v) is 6.90. The van der Waals surface area contributed by atoms with Gasteiger partial charge < -0.3 is 14.7 Å². The van der Waals surface area contributed by atoms with Gasteiger partial charge in [0.2, 0.25) is 17.6 Å². The first-order valence-electron chi connectivity index (χ1n) is 11.9. The van der Waals surface area contributed by atoms with E-state index in [-0.39, 0.29) is 29.7 Å². The minimum atomic E-state index is -0.339. The van der Waals surface area contributed by atoms with Crippen molar-refractivity contribution < 1.29 is 14.1 Å². The van der Waals surface area contributed by atoms with Crippen LogP contribution in [0.3, 0.4) is 0 Å². The van der Waals surface area contributed by atoms with Gasteiger partial charge in [0.25, 0.3) is 5.91 Å². The van der Waals surface area contributed by atoms with E-state index in [4.69, 9.17) is 4.52 Å².